The van der Waals surface area contributed by atoms with Gasteiger partial charge in [-0.15, -0.1) is 0 Å². The predicted molar refractivity (Wildman–Crippen MR) is 88.1 cm³/mol. The zero-order valence-electron chi connectivity index (χ0n) is 14.2. The number of methoxy groups -OCH3 is 2. The molecule has 3 rings (SSSR count). The van der Waals surface area contributed by atoms with E-state index in [2.05, 4.69) is 0 Å². The van der Waals surface area contributed by atoms with E-state index in [1.165, 1.54) is 19.1 Å². The summed E-state index contributed by atoms with van der Waals surface area (Å²) in [5, 5.41) is 0. The Bertz CT molecular complexity index is 767. The second kappa shape index (κ2) is 7.06. The highest BCUT2D eigenvalue weighted by atomic mass is 16.5. The lowest BCUT2D eigenvalue weighted by Crippen LogP contribution is -2.39. The Balaban J connectivity index is 2.17. The van der Waals surface area contributed by atoms with Crippen molar-refractivity contribution in [2.45, 2.75) is 19.3 Å². The van der Waals surface area contributed by atoms with Crippen molar-refractivity contribution < 1.29 is 28.6 Å². The molecule has 0 radical (unpaired) electrons. The van der Waals surface area contributed by atoms with E-state index in [-0.39, 0.29) is 30.4 Å². The third-order valence-corrected chi connectivity index (χ3v) is 4.38. The average molecular weight is 345 g/mol. The van der Waals surface area contributed by atoms with Crippen molar-refractivity contribution >= 4 is 23.4 Å². The number of hydrogen-bond donors (Lipinski definition) is 0. The van der Waals surface area contributed by atoms with Gasteiger partial charge in [-0.2, -0.15) is 0 Å². The van der Waals surface area contributed by atoms with E-state index in [9.17, 15) is 14.4 Å². The highest BCUT2D eigenvalue weighted by molar-refractivity contribution is 6.07. The van der Waals surface area contributed by atoms with Gasteiger partial charge in [0.15, 0.2) is 5.78 Å². The van der Waals surface area contributed by atoms with Crippen molar-refractivity contribution in [3.8, 4) is 0 Å². The molecule has 25 heavy (non-hydrogen) atoms. The molecule has 0 N–H and O–H groups in total. The molecule has 1 aromatic carbocycles. The molecule has 2 aliphatic rings. The summed E-state index contributed by atoms with van der Waals surface area (Å²) in [7, 11) is 2.47. The molecule has 0 atom stereocenters. The first-order chi connectivity index (χ1) is 12.1. The Morgan fingerprint density at radius 1 is 1.12 bits per heavy atom. The van der Waals surface area contributed by atoms with Crippen LogP contribution in [0.15, 0.2) is 29.5 Å². The van der Waals surface area contributed by atoms with Crippen LogP contribution >= 0.6 is 0 Å². The third kappa shape index (κ3) is 3.02. The molecule has 132 valence electrons. The van der Waals surface area contributed by atoms with Crippen LogP contribution in [-0.4, -0.2) is 45.3 Å². The minimum absolute atomic E-state index is 0.0197. The van der Waals surface area contributed by atoms with Crippen LogP contribution in [0.25, 0.3) is 0 Å². The molecule has 1 heterocycles. The first-order valence-electron chi connectivity index (χ1n) is 7.98. The van der Waals surface area contributed by atoms with Gasteiger partial charge in [0.05, 0.1) is 32.1 Å². The van der Waals surface area contributed by atoms with E-state index in [4.69, 9.17) is 14.2 Å². The first kappa shape index (κ1) is 17.2. The van der Waals surface area contributed by atoms with Crippen molar-refractivity contribution in [1.29, 1.82) is 0 Å². The lowest BCUT2D eigenvalue weighted by molar-refractivity contribution is -0.140. The van der Waals surface area contributed by atoms with Crippen molar-refractivity contribution in [2.75, 3.05) is 32.5 Å². The molecule has 0 unspecified atom stereocenters. The molecule has 1 aliphatic carbocycles. The SMILES string of the molecule is COC(=O)C1=C(C(=O)OC)N(c2cccc3c2C(=O)CCC3)COC1. The molecule has 0 amide bonds. The molecule has 1 aromatic rings. The lowest BCUT2D eigenvalue weighted by atomic mass is 9.89. The van der Waals surface area contributed by atoms with Gasteiger partial charge in [-0.1, -0.05) is 12.1 Å². The van der Waals surface area contributed by atoms with Gasteiger partial charge in [0.1, 0.15) is 12.4 Å². The number of anilines is 1. The summed E-state index contributed by atoms with van der Waals surface area (Å²) in [6.45, 7) is -0.0226. The molecular weight excluding hydrogens is 326 g/mol. The molecule has 0 saturated heterocycles. The minimum Gasteiger partial charge on any atom is -0.466 e. The largest absolute Gasteiger partial charge is 0.466 e. The van der Waals surface area contributed by atoms with Gasteiger partial charge < -0.3 is 19.1 Å². The highest BCUT2D eigenvalue weighted by Gasteiger charge is 2.35. The number of benzene rings is 1. The molecular formula is C18H19NO6. The van der Waals surface area contributed by atoms with Gasteiger partial charge in [-0.3, -0.25) is 4.79 Å². The molecule has 1 aliphatic heterocycles. The molecule has 0 aromatic heterocycles. The van der Waals surface area contributed by atoms with Crippen molar-refractivity contribution in [3.63, 3.8) is 0 Å². The van der Waals surface area contributed by atoms with Crippen LogP contribution in [-0.2, 0) is 30.2 Å². The van der Waals surface area contributed by atoms with Crippen molar-refractivity contribution in [3.05, 3.63) is 40.6 Å². The van der Waals surface area contributed by atoms with E-state index in [0.717, 1.165) is 18.4 Å². The van der Waals surface area contributed by atoms with Crippen LogP contribution in [0.4, 0.5) is 5.69 Å². The van der Waals surface area contributed by atoms with E-state index in [1.54, 1.807) is 6.07 Å². The Morgan fingerprint density at radius 3 is 2.60 bits per heavy atom. The van der Waals surface area contributed by atoms with Crippen LogP contribution < -0.4 is 4.90 Å². The second-order valence-electron chi connectivity index (χ2n) is 5.80. The Kier molecular flexibility index (Phi) is 4.85. The molecule has 0 fully saturated rings. The summed E-state index contributed by atoms with van der Waals surface area (Å²) in [6, 6.07) is 5.48. The van der Waals surface area contributed by atoms with Crippen LogP contribution in [0.5, 0.6) is 0 Å². The smallest absolute Gasteiger partial charge is 0.355 e. The number of rotatable bonds is 3. The number of nitrogens with zero attached hydrogens (tertiary/aromatic N) is 1. The van der Waals surface area contributed by atoms with Gasteiger partial charge in [0, 0.05) is 12.0 Å². The van der Waals surface area contributed by atoms with Crippen LogP contribution in [0.3, 0.4) is 0 Å². The fraction of sp³-hybridized carbons (Fsp3) is 0.389. The Labute approximate surface area is 145 Å². The number of aryl methyl sites for hydroxylation is 1. The molecule has 7 heteroatoms. The van der Waals surface area contributed by atoms with E-state index < -0.39 is 11.9 Å². The van der Waals surface area contributed by atoms with E-state index in [0.29, 0.717) is 17.7 Å². The lowest BCUT2D eigenvalue weighted by Gasteiger charge is -2.33. The monoisotopic (exact) mass is 345 g/mol. The fourth-order valence-corrected chi connectivity index (χ4v) is 3.24. The zero-order valence-corrected chi connectivity index (χ0v) is 14.2. The summed E-state index contributed by atoms with van der Waals surface area (Å²) in [5.41, 5.74) is 2.17. The Hall–Kier alpha value is -2.67. The van der Waals surface area contributed by atoms with Gasteiger partial charge in [-0.05, 0) is 24.5 Å². The van der Waals surface area contributed by atoms with E-state index >= 15 is 0 Å². The minimum atomic E-state index is -0.676. The van der Waals surface area contributed by atoms with Crippen LogP contribution in [0.2, 0.25) is 0 Å². The summed E-state index contributed by atoms with van der Waals surface area (Å²) >= 11 is 0. The van der Waals surface area contributed by atoms with Gasteiger partial charge in [0.2, 0.25) is 0 Å². The topological polar surface area (TPSA) is 82.1 Å². The number of carbonyl (C=O) groups excluding carboxylic acids is 3. The number of Topliss-reactive ketones (excluding diaryl/α,β-unsaturated/α-hetero) is 1. The number of ether oxygens (including phenoxy) is 3. The van der Waals surface area contributed by atoms with Crippen molar-refractivity contribution in [2.24, 2.45) is 0 Å². The number of carbonyl (C=O) groups is 3. The number of esters is 2. The summed E-state index contributed by atoms with van der Waals surface area (Å²) in [5.74, 6) is -1.32. The van der Waals surface area contributed by atoms with Gasteiger partial charge in [-0.25, -0.2) is 9.59 Å². The quantitative estimate of drug-likeness (QED) is 0.770. The number of ketones is 1. The van der Waals surface area contributed by atoms with Crippen molar-refractivity contribution in [1.82, 2.24) is 0 Å². The van der Waals surface area contributed by atoms with Crippen LogP contribution in [0.1, 0.15) is 28.8 Å². The van der Waals surface area contributed by atoms with Gasteiger partial charge >= 0.3 is 11.9 Å². The molecule has 7 nitrogen and oxygen atoms in total. The maximum Gasteiger partial charge on any atom is 0.355 e. The summed E-state index contributed by atoms with van der Waals surface area (Å²) in [4.78, 5) is 38.4. The first-order valence-corrected chi connectivity index (χ1v) is 7.98. The molecule has 0 spiro atoms. The predicted octanol–water partition coefficient (Wildman–Crippen LogP) is 1.60. The number of hydrogen-bond acceptors (Lipinski definition) is 7. The summed E-state index contributed by atoms with van der Waals surface area (Å²) in [6.07, 6.45) is 2.06. The number of fused-ring (bicyclic) bond motifs is 1. The Morgan fingerprint density at radius 2 is 1.88 bits per heavy atom. The summed E-state index contributed by atoms with van der Waals surface area (Å²) < 4.78 is 15.1. The standard InChI is InChI=1S/C18H19NO6/c1-23-17(21)12-9-25-10-19(16(12)18(22)24-2)13-7-3-5-11-6-4-8-14(20)15(11)13/h3,5,7H,4,6,8-10H2,1-2H3. The molecule has 0 bridgehead atoms. The van der Waals surface area contributed by atoms with Crippen LogP contribution in [0, 0.1) is 0 Å². The maximum atomic E-state index is 12.5. The zero-order chi connectivity index (χ0) is 18.0. The molecule has 0 saturated carbocycles. The highest BCUT2D eigenvalue weighted by Crippen LogP contribution is 2.34. The maximum absolute atomic E-state index is 12.5. The average Bonchev–Trinajstić information content (AvgIpc) is 2.66. The normalized spacial score (nSPS) is 17.2. The second-order valence-corrected chi connectivity index (χ2v) is 5.80. The third-order valence-electron chi connectivity index (χ3n) is 4.38. The van der Waals surface area contributed by atoms with E-state index in [1.807, 2.05) is 12.1 Å². The fourth-order valence-electron chi connectivity index (χ4n) is 3.24. The van der Waals surface area contributed by atoms with Gasteiger partial charge in [0.25, 0.3) is 0 Å².